The Bertz CT molecular complexity index is 1180. The predicted molar refractivity (Wildman–Crippen MR) is 110 cm³/mol. The Balaban J connectivity index is 1.63. The Hall–Kier alpha value is -3.39. The van der Waals surface area contributed by atoms with Crippen molar-refractivity contribution in [3.05, 3.63) is 78.0 Å². The van der Waals surface area contributed by atoms with E-state index in [1.54, 1.807) is 30.3 Å². The molecular weight excluding hydrogens is 390 g/mol. The highest BCUT2D eigenvalue weighted by molar-refractivity contribution is 7.92. The molecule has 0 unspecified atom stereocenters. The lowest BCUT2D eigenvalue weighted by Gasteiger charge is -2.20. The lowest BCUT2D eigenvalue weighted by Crippen LogP contribution is -2.29. The van der Waals surface area contributed by atoms with Crippen molar-refractivity contribution >= 4 is 27.4 Å². The van der Waals surface area contributed by atoms with Gasteiger partial charge in [-0.2, -0.15) is 0 Å². The van der Waals surface area contributed by atoms with Crippen LogP contribution in [0.15, 0.2) is 71.8 Å². The van der Waals surface area contributed by atoms with Crippen molar-refractivity contribution in [3.63, 3.8) is 0 Å². The van der Waals surface area contributed by atoms with Gasteiger partial charge in [0.15, 0.2) is 11.6 Å². The zero-order valence-electron chi connectivity index (χ0n) is 15.7. The van der Waals surface area contributed by atoms with Gasteiger partial charge in [0.05, 0.1) is 17.7 Å². The van der Waals surface area contributed by atoms with Crippen molar-refractivity contribution in [2.24, 2.45) is 0 Å². The van der Waals surface area contributed by atoms with Crippen molar-refractivity contribution in [2.75, 3.05) is 23.3 Å². The Morgan fingerprint density at radius 3 is 2.76 bits per heavy atom. The molecule has 1 N–H and O–H groups in total. The molecule has 0 radical (unpaired) electrons. The number of methoxy groups -OCH3 is 1. The number of para-hydroxylation sites is 1. The molecule has 148 valence electrons. The number of pyridine rings is 1. The van der Waals surface area contributed by atoms with Crippen LogP contribution in [0, 0.1) is 0 Å². The largest absolute Gasteiger partial charge is 0.493 e. The van der Waals surface area contributed by atoms with Gasteiger partial charge in [-0.3, -0.25) is 9.10 Å². The number of benzene rings is 2. The molecule has 4 rings (SSSR count). The maximum atomic E-state index is 13.2. The van der Waals surface area contributed by atoms with Crippen molar-refractivity contribution in [1.82, 2.24) is 4.98 Å². The molecule has 3 aromatic rings. The number of fused-ring (bicyclic) bond motifs is 1. The number of amides is 1. The second-order valence-corrected chi connectivity index (χ2v) is 8.35. The van der Waals surface area contributed by atoms with Crippen LogP contribution in [-0.2, 0) is 16.4 Å². The third-order valence-electron chi connectivity index (χ3n) is 4.75. The van der Waals surface area contributed by atoms with Crippen LogP contribution in [-0.4, -0.2) is 33.0 Å². The van der Waals surface area contributed by atoms with Gasteiger partial charge in [0.1, 0.15) is 0 Å². The third kappa shape index (κ3) is 3.54. The SMILES string of the molecule is COc1cccnc1NC(=O)c1cccc(S(=O)(=O)N2CCc3ccccc32)c1. The molecule has 1 aliphatic rings. The van der Waals surface area contributed by atoms with E-state index >= 15 is 0 Å². The molecule has 2 aromatic carbocycles. The number of anilines is 2. The first-order valence-electron chi connectivity index (χ1n) is 9.02. The molecule has 1 amide bonds. The number of ether oxygens (including phenoxy) is 1. The Morgan fingerprint density at radius 2 is 1.93 bits per heavy atom. The summed E-state index contributed by atoms with van der Waals surface area (Å²) in [6.45, 7) is 0.378. The summed E-state index contributed by atoms with van der Waals surface area (Å²) in [6.07, 6.45) is 2.19. The second kappa shape index (κ2) is 7.56. The van der Waals surface area contributed by atoms with Gasteiger partial charge in [-0.05, 0) is 48.4 Å². The van der Waals surface area contributed by atoms with Gasteiger partial charge in [-0.25, -0.2) is 13.4 Å². The van der Waals surface area contributed by atoms with Gasteiger partial charge in [0.2, 0.25) is 0 Å². The first kappa shape index (κ1) is 18.9. The van der Waals surface area contributed by atoms with E-state index in [1.165, 1.54) is 29.7 Å². The van der Waals surface area contributed by atoms with E-state index in [1.807, 2.05) is 18.2 Å². The number of carbonyl (C=O) groups excluding carboxylic acids is 1. The van der Waals surface area contributed by atoms with Crippen molar-refractivity contribution < 1.29 is 17.9 Å². The summed E-state index contributed by atoms with van der Waals surface area (Å²) in [4.78, 5) is 16.8. The molecule has 1 aliphatic heterocycles. The molecule has 7 nitrogen and oxygen atoms in total. The highest BCUT2D eigenvalue weighted by Crippen LogP contribution is 2.32. The molecule has 8 heteroatoms. The summed E-state index contributed by atoms with van der Waals surface area (Å²) >= 11 is 0. The highest BCUT2D eigenvalue weighted by atomic mass is 32.2. The van der Waals surface area contributed by atoms with Crippen molar-refractivity contribution in [3.8, 4) is 5.75 Å². The smallest absolute Gasteiger partial charge is 0.264 e. The molecule has 0 fully saturated rings. The topological polar surface area (TPSA) is 88.6 Å². The van der Waals surface area contributed by atoms with Crippen LogP contribution in [0.5, 0.6) is 5.75 Å². The van der Waals surface area contributed by atoms with Crippen molar-refractivity contribution in [1.29, 1.82) is 0 Å². The zero-order chi connectivity index (χ0) is 20.4. The number of carbonyl (C=O) groups is 1. The first-order valence-corrected chi connectivity index (χ1v) is 10.5. The van der Waals surface area contributed by atoms with E-state index in [4.69, 9.17) is 4.74 Å². The minimum atomic E-state index is -3.78. The number of hydrogen-bond donors (Lipinski definition) is 1. The van der Waals surface area contributed by atoms with E-state index in [0.29, 0.717) is 24.4 Å². The summed E-state index contributed by atoms with van der Waals surface area (Å²) in [7, 11) is -2.30. The summed E-state index contributed by atoms with van der Waals surface area (Å²) < 4.78 is 33.0. The van der Waals surface area contributed by atoms with Crippen LogP contribution in [0.25, 0.3) is 0 Å². The standard InChI is InChI=1S/C21H19N3O4S/c1-28-19-10-5-12-22-20(19)23-21(25)16-7-4-8-17(14-16)29(26,27)24-13-11-15-6-2-3-9-18(15)24/h2-10,12,14H,11,13H2,1H3,(H,22,23,25). The number of aromatic nitrogens is 1. The second-order valence-electron chi connectivity index (χ2n) is 6.49. The van der Waals surface area contributed by atoms with Gasteiger partial charge < -0.3 is 10.1 Å². The minimum Gasteiger partial charge on any atom is -0.493 e. The Kier molecular flexibility index (Phi) is 4.94. The van der Waals surface area contributed by atoms with Crippen LogP contribution in [0.4, 0.5) is 11.5 Å². The molecule has 0 aliphatic carbocycles. The maximum absolute atomic E-state index is 13.2. The molecular formula is C21H19N3O4S. The van der Waals surface area contributed by atoms with Gasteiger partial charge in [0.25, 0.3) is 15.9 Å². The number of sulfonamides is 1. The van der Waals surface area contributed by atoms with E-state index in [9.17, 15) is 13.2 Å². The van der Waals surface area contributed by atoms with E-state index < -0.39 is 15.9 Å². The van der Waals surface area contributed by atoms with Crippen molar-refractivity contribution in [2.45, 2.75) is 11.3 Å². The van der Waals surface area contributed by atoms with E-state index in [-0.39, 0.29) is 16.3 Å². The van der Waals surface area contributed by atoms with Crippen LogP contribution in [0.3, 0.4) is 0 Å². The van der Waals surface area contributed by atoms with Gasteiger partial charge >= 0.3 is 0 Å². The summed E-state index contributed by atoms with van der Waals surface area (Å²) in [5, 5.41) is 2.66. The summed E-state index contributed by atoms with van der Waals surface area (Å²) in [6, 6.07) is 16.8. The molecule has 0 bridgehead atoms. The number of nitrogens with one attached hydrogen (secondary N) is 1. The number of nitrogens with zero attached hydrogens (tertiary/aromatic N) is 2. The molecule has 0 saturated heterocycles. The quantitative estimate of drug-likeness (QED) is 0.700. The Labute approximate surface area is 169 Å². The minimum absolute atomic E-state index is 0.0647. The van der Waals surface area contributed by atoms with Crippen LogP contribution in [0.2, 0.25) is 0 Å². The van der Waals surface area contributed by atoms with Crippen LogP contribution >= 0.6 is 0 Å². The van der Waals surface area contributed by atoms with Crippen LogP contribution in [0.1, 0.15) is 15.9 Å². The molecule has 2 heterocycles. The molecule has 1 aromatic heterocycles. The monoisotopic (exact) mass is 409 g/mol. The average molecular weight is 409 g/mol. The molecule has 0 atom stereocenters. The molecule has 0 spiro atoms. The molecule has 0 saturated carbocycles. The summed E-state index contributed by atoms with van der Waals surface area (Å²) in [5.74, 6) is 0.209. The number of rotatable bonds is 5. The van der Waals surface area contributed by atoms with E-state index in [0.717, 1.165) is 5.56 Å². The third-order valence-corrected chi connectivity index (χ3v) is 6.56. The fraction of sp³-hybridized carbons (Fsp3) is 0.143. The highest BCUT2D eigenvalue weighted by Gasteiger charge is 2.31. The van der Waals surface area contributed by atoms with Gasteiger partial charge in [-0.15, -0.1) is 0 Å². The fourth-order valence-electron chi connectivity index (χ4n) is 3.31. The first-order chi connectivity index (χ1) is 14.0. The molecule has 29 heavy (non-hydrogen) atoms. The summed E-state index contributed by atoms with van der Waals surface area (Å²) in [5.41, 5.74) is 1.89. The zero-order valence-corrected chi connectivity index (χ0v) is 16.5. The van der Waals surface area contributed by atoms with E-state index in [2.05, 4.69) is 10.3 Å². The lowest BCUT2D eigenvalue weighted by molar-refractivity contribution is 0.102. The Morgan fingerprint density at radius 1 is 1.10 bits per heavy atom. The normalized spacial score (nSPS) is 13.1. The number of hydrogen-bond acceptors (Lipinski definition) is 5. The predicted octanol–water partition coefficient (Wildman–Crippen LogP) is 3.09. The van der Waals surface area contributed by atoms with Crippen LogP contribution < -0.4 is 14.4 Å². The van der Waals surface area contributed by atoms with Gasteiger partial charge in [0, 0.05) is 18.3 Å². The average Bonchev–Trinajstić information content (AvgIpc) is 3.19. The fourth-order valence-corrected chi connectivity index (χ4v) is 4.86. The lowest BCUT2D eigenvalue weighted by atomic mass is 10.2. The maximum Gasteiger partial charge on any atom is 0.264 e. The van der Waals surface area contributed by atoms with Gasteiger partial charge in [-0.1, -0.05) is 24.3 Å².